The van der Waals surface area contributed by atoms with Crippen LogP contribution in [0.3, 0.4) is 0 Å². The molecule has 0 aliphatic heterocycles. The number of ether oxygens (including phenoxy) is 1. The van der Waals surface area contributed by atoms with Gasteiger partial charge in [-0.15, -0.1) is 6.58 Å². The minimum atomic E-state index is 0.423. The van der Waals surface area contributed by atoms with E-state index in [9.17, 15) is 0 Å². The van der Waals surface area contributed by atoms with Gasteiger partial charge in [-0.05, 0) is 67.6 Å². The summed E-state index contributed by atoms with van der Waals surface area (Å²) >= 11 is 0. The summed E-state index contributed by atoms with van der Waals surface area (Å²) in [5.74, 6) is 1.82. The summed E-state index contributed by atoms with van der Waals surface area (Å²) < 4.78 is 8.52. The Morgan fingerprint density at radius 2 is 1.67 bits per heavy atom. The largest absolute Gasteiger partial charge is 0.485 e. The Kier molecular flexibility index (Phi) is 5.71. The van der Waals surface area contributed by atoms with Crippen LogP contribution in [0.1, 0.15) is 33.6 Å². The third-order valence-corrected chi connectivity index (χ3v) is 5.58. The normalized spacial score (nSPS) is 11.0. The molecule has 0 unspecified atom stereocenters. The minimum Gasteiger partial charge on any atom is -0.485 e. The van der Waals surface area contributed by atoms with E-state index in [-0.39, 0.29) is 0 Å². The summed E-state index contributed by atoms with van der Waals surface area (Å²) in [6, 6.07) is 20.9. The van der Waals surface area contributed by atoms with Gasteiger partial charge in [0.2, 0.25) is 0 Å². The number of aromatic nitrogens is 2. The molecule has 0 bridgehead atoms. The van der Waals surface area contributed by atoms with E-state index in [0.717, 1.165) is 41.1 Å². The van der Waals surface area contributed by atoms with E-state index in [2.05, 4.69) is 68.3 Å². The average molecular weight is 397 g/mol. The van der Waals surface area contributed by atoms with Gasteiger partial charge in [0.15, 0.2) is 0 Å². The van der Waals surface area contributed by atoms with Crippen molar-refractivity contribution in [3.05, 3.63) is 107 Å². The fourth-order valence-electron chi connectivity index (χ4n) is 4.14. The maximum absolute atomic E-state index is 6.23. The zero-order valence-corrected chi connectivity index (χ0v) is 18.0. The van der Waals surface area contributed by atoms with Crippen molar-refractivity contribution < 1.29 is 4.74 Å². The van der Waals surface area contributed by atoms with Crippen molar-refractivity contribution in [3.8, 4) is 5.75 Å². The van der Waals surface area contributed by atoms with E-state index < -0.39 is 0 Å². The van der Waals surface area contributed by atoms with Crippen molar-refractivity contribution in [1.29, 1.82) is 0 Å². The molecular weight excluding hydrogens is 368 g/mol. The topological polar surface area (TPSA) is 27.1 Å². The highest BCUT2D eigenvalue weighted by Crippen LogP contribution is 2.25. The molecule has 0 N–H and O–H groups in total. The summed E-state index contributed by atoms with van der Waals surface area (Å²) in [4.78, 5) is 4.89. The van der Waals surface area contributed by atoms with Gasteiger partial charge in [0, 0.05) is 6.54 Å². The molecule has 0 fully saturated rings. The van der Waals surface area contributed by atoms with Crippen molar-refractivity contribution >= 4 is 11.0 Å². The van der Waals surface area contributed by atoms with Crippen molar-refractivity contribution in [2.75, 3.05) is 0 Å². The Balaban J connectivity index is 1.70. The first-order valence-corrected chi connectivity index (χ1v) is 10.4. The predicted octanol–water partition coefficient (Wildman–Crippen LogP) is 6.32. The minimum absolute atomic E-state index is 0.423. The molecule has 0 aliphatic carbocycles. The molecule has 4 aromatic rings. The molecule has 0 saturated carbocycles. The smallest absolute Gasteiger partial charge is 0.148 e. The van der Waals surface area contributed by atoms with Crippen molar-refractivity contribution in [1.82, 2.24) is 9.55 Å². The fraction of sp³-hybridized carbons (Fsp3) is 0.222. The molecule has 0 radical (unpaired) electrons. The summed E-state index contributed by atoms with van der Waals surface area (Å²) in [7, 11) is 0. The lowest BCUT2D eigenvalue weighted by Crippen LogP contribution is -2.11. The number of fused-ring (bicyclic) bond motifs is 1. The number of para-hydroxylation sites is 3. The second-order valence-corrected chi connectivity index (χ2v) is 7.87. The highest BCUT2D eigenvalue weighted by atomic mass is 16.5. The van der Waals surface area contributed by atoms with Crippen LogP contribution in [0.4, 0.5) is 0 Å². The number of hydrogen-bond donors (Lipinski definition) is 0. The first-order valence-electron chi connectivity index (χ1n) is 10.4. The number of imidazole rings is 1. The Hall–Kier alpha value is -3.33. The van der Waals surface area contributed by atoms with Crippen LogP contribution >= 0.6 is 0 Å². The van der Waals surface area contributed by atoms with E-state index in [1.807, 2.05) is 30.3 Å². The lowest BCUT2D eigenvalue weighted by molar-refractivity contribution is 0.289. The van der Waals surface area contributed by atoms with Gasteiger partial charge in [-0.1, -0.05) is 54.1 Å². The second kappa shape index (κ2) is 8.58. The molecule has 3 heteroatoms. The van der Waals surface area contributed by atoms with Gasteiger partial charge in [-0.2, -0.15) is 0 Å². The Morgan fingerprint density at radius 1 is 0.967 bits per heavy atom. The Bertz CT molecular complexity index is 1180. The van der Waals surface area contributed by atoms with Gasteiger partial charge >= 0.3 is 0 Å². The van der Waals surface area contributed by atoms with E-state index >= 15 is 0 Å². The van der Waals surface area contributed by atoms with E-state index in [1.165, 1.54) is 22.3 Å². The number of nitrogens with zero attached hydrogens (tertiary/aromatic N) is 2. The van der Waals surface area contributed by atoms with Crippen molar-refractivity contribution in [3.63, 3.8) is 0 Å². The van der Waals surface area contributed by atoms with Crippen LogP contribution in [0.2, 0.25) is 0 Å². The first kappa shape index (κ1) is 20.0. The molecule has 30 heavy (non-hydrogen) atoms. The van der Waals surface area contributed by atoms with Crippen molar-refractivity contribution in [2.45, 2.75) is 40.3 Å². The molecule has 0 atom stereocenters. The lowest BCUT2D eigenvalue weighted by Gasteiger charge is -2.16. The third-order valence-electron chi connectivity index (χ3n) is 5.58. The highest BCUT2D eigenvalue weighted by molar-refractivity contribution is 5.76. The molecule has 1 aromatic heterocycles. The standard InChI is InChI=1S/C27H28N2O/c1-5-10-22-11-6-9-14-26(22)30-18-27-28-24-12-7-8-13-25(24)29(27)17-23-20(3)15-19(2)16-21(23)4/h5-9,11-16H,1,10,17-18H2,2-4H3. The van der Waals surface area contributed by atoms with Crippen LogP contribution < -0.4 is 4.74 Å². The van der Waals surface area contributed by atoms with Crippen LogP contribution in [0, 0.1) is 20.8 Å². The maximum atomic E-state index is 6.23. The number of aryl methyl sites for hydroxylation is 3. The summed E-state index contributed by atoms with van der Waals surface area (Å²) in [5, 5.41) is 0. The SMILES string of the molecule is C=CCc1ccccc1OCc1nc2ccccc2n1Cc1c(C)cc(C)cc1C. The van der Waals surface area contributed by atoms with E-state index in [0.29, 0.717) is 6.61 Å². The summed E-state index contributed by atoms with van der Waals surface area (Å²) in [6.07, 6.45) is 2.69. The molecule has 4 rings (SSSR count). The van der Waals surface area contributed by atoms with E-state index in [4.69, 9.17) is 9.72 Å². The summed E-state index contributed by atoms with van der Waals surface area (Å²) in [5.41, 5.74) is 8.54. The van der Waals surface area contributed by atoms with E-state index in [1.54, 1.807) is 0 Å². The summed E-state index contributed by atoms with van der Waals surface area (Å²) in [6.45, 7) is 11.6. The zero-order valence-electron chi connectivity index (χ0n) is 18.0. The van der Waals surface area contributed by atoms with Crippen LogP contribution in [0.5, 0.6) is 5.75 Å². The average Bonchev–Trinajstić information content (AvgIpc) is 3.07. The third kappa shape index (κ3) is 4.02. The lowest BCUT2D eigenvalue weighted by atomic mass is 10.00. The molecule has 1 heterocycles. The quantitative estimate of drug-likeness (QED) is 0.342. The zero-order chi connectivity index (χ0) is 21.1. The molecular formula is C27H28N2O. The fourth-order valence-corrected chi connectivity index (χ4v) is 4.14. The molecule has 0 aliphatic rings. The van der Waals surface area contributed by atoms with Gasteiger partial charge in [0.1, 0.15) is 18.2 Å². The van der Waals surface area contributed by atoms with Gasteiger partial charge in [0.05, 0.1) is 11.0 Å². The Labute approximate surface area is 178 Å². The first-order chi connectivity index (χ1) is 14.6. The van der Waals surface area contributed by atoms with Crippen LogP contribution in [0.15, 0.2) is 73.3 Å². The van der Waals surface area contributed by atoms with Crippen LogP contribution in [-0.2, 0) is 19.6 Å². The highest BCUT2D eigenvalue weighted by Gasteiger charge is 2.14. The molecule has 0 spiro atoms. The maximum Gasteiger partial charge on any atom is 0.148 e. The number of hydrogen-bond acceptors (Lipinski definition) is 2. The molecule has 3 nitrogen and oxygen atoms in total. The van der Waals surface area contributed by atoms with Gasteiger partial charge in [-0.25, -0.2) is 4.98 Å². The monoisotopic (exact) mass is 396 g/mol. The molecule has 152 valence electrons. The van der Waals surface area contributed by atoms with Crippen molar-refractivity contribution in [2.24, 2.45) is 0 Å². The molecule has 0 saturated heterocycles. The van der Waals surface area contributed by atoms with Gasteiger partial charge in [0.25, 0.3) is 0 Å². The number of benzene rings is 3. The van der Waals surface area contributed by atoms with Crippen LogP contribution in [-0.4, -0.2) is 9.55 Å². The second-order valence-electron chi connectivity index (χ2n) is 7.87. The van der Waals surface area contributed by atoms with Gasteiger partial charge < -0.3 is 9.30 Å². The number of rotatable bonds is 7. The molecule has 0 amide bonds. The predicted molar refractivity (Wildman–Crippen MR) is 124 cm³/mol. The number of allylic oxidation sites excluding steroid dienone is 1. The Morgan fingerprint density at radius 3 is 2.43 bits per heavy atom. The molecule has 3 aromatic carbocycles. The van der Waals surface area contributed by atoms with Crippen LogP contribution in [0.25, 0.3) is 11.0 Å². The van der Waals surface area contributed by atoms with Gasteiger partial charge in [-0.3, -0.25) is 0 Å².